The van der Waals surface area contributed by atoms with Gasteiger partial charge in [0.2, 0.25) is 12.7 Å². The molecular weight excluding hydrogens is 352 g/mol. The summed E-state index contributed by atoms with van der Waals surface area (Å²) in [4.78, 5) is 17.9. The topological polar surface area (TPSA) is 92.3 Å². The highest BCUT2D eigenvalue weighted by molar-refractivity contribution is 7.09. The smallest absolute Gasteiger partial charge is 0.231 e. The van der Waals surface area contributed by atoms with E-state index in [-0.39, 0.29) is 12.7 Å². The Hall–Kier alpha value is -2.87. The van der Waals surface area contributed by atoms with Gasteiger partial charge in [0.05, 0.1) is 5.69 Å². The Labute approximate surface area is 153 Å². The number of rotatable bonds is 5. The fourth-order valence-corrected chi connectivity index (χ4v) is 3.91. The lowest BCUT2D eigenvalue weighted by molar-refractivity contribution is -0.120. The second-order valence-electron chi connectivity index (χ2n) is 6.50. The highest BCUT2D eigenvalue weighted by atomic mass is 32.1. The zero-order valence-corrected chi connectivity index (χ0v) is 14.7. The molecule has 0 spiro atoms. The van der Waals surface area contributed by atoms with Crippen LogP contribution in [0.25, 0.3) is 5.69 Å². The summed E-state index contributed by atoms with van der Waals surface area (Å²) in [6, 6.07) is 9.63. The van der Waals surface area contributed by atoms with Gasteiger partial charge in [-0.25, -0.2) is 9.67 Å². The Bertz CT molecular complexity index is 992. The van der Waals surface area contributed by atoms with Crippen molar-refractivity contribution in [1.29, 1.82) is 0 Å². The Balaban J connectivity index is 1.61. The molecule has 1 saturated carbocycles. The zero-order valence-electron chi connectivity index (χ0n) is 13.8. The Morgan fingerprint density at radius 2 is 2.12 bits per heavy atom. The minimum atomic E-state index is -0.725. The van der Waals surface area contributed by atoms with Gasteiger partial charge in [-0.1, -0.05) is 6.07 Å². The van der Waals surface area contributed by atoms with Gasteiger partial charge in [0, 0.05) is 17.4 Å². The first-order valence-electron chi connectivity index (χ1n) is 8.34. The highest BCUT2D eigenvalue weighted by Crippen LogP contribution is 2.48. The van der Waals surface area contributed by atoms with E-state index in [1.165, 1.54) is 4.88 Å². The fourth-order valence-electron chi connectivity index (χ4n) is 3.21. The molecule has 26 heavy (non-hydrogen) atoms. The molecule has 1 fully saturated rings. The number of amides is 1. The molecule has 0 unspecified atom stereocenters. The summed E-state index contributed by atoms with van der Waals surface area (Å²) < 4.78 is 12.6. The average molecular weight is 368 g/mol. The molecule has 1 aliphatic heterocycles. The Kier molecular flexibility index (Phi) is 3.30. The number of nitrogens with zero attached hydrogens (tertiary/aromatic N) is 3. The van der Waals surface area contributed by atoms with E-state index in [1.807, 2.05) is 35.7 Å². The summed E-state index contributed by atoms with van der Waals surface area (Å²) in [7, 11) is 0. The normalized spacial score (nSPS) is 16.6. The molecule has 0 bridgehead atoms. The molecule has 0 saturated heterocycles. The van der Waals surface area contributed by atoms with Gasteiger partial charge in [0.1, 0.15) is 11.2 Å². The zero-order chi connectivity index (χ0) is 17.7. The van der Waals surface area contributed by atoms with Crippen LogP contribution in [-0.2, 0) is 16.6 Å². The maximum atomic E-state index is 12.1. The molecule has 132 valence electrons. The number of carbonyl (C=O) groups is 1. The van der Waals surface area contributed by atoms with Crippen molar-refractivity contribution < 1.29 is 14.3 Å². The van der Waals surface area contributed by atoms with E-state index >= 15 is 0 Å². The molecule has 5 rings (SSSR count). The van der Waals surface area contributed by atoms with Crippen LogP contribution >= 0.6 is 11.3 Å². The number of benzene rings is 1. The summed E-state index contributed by atoms with van der Waals surface area (Å²) in [6.07, 6.45) is 2.02. The van der Waals surface area contributed by atoms with Gasteiger partial charge < -0.3 is 15.2 Å². The van der Waals surface area contributed by atoms with Crippen LogP contribution in [0, 0.1) is 0 Å². The number of aromatic nitrogens is 3. The molecular formula is C18H16N4O3S. The second-order valence-corrected chi connectivity index (χ2v) is 7.54. The molecule has 0 radical (unpaired) electrons. The van der Waals surface area contributed by atoms with Crippen LogP contribution in [0.1, 0.15) is 29.4 Å². The maximum absolute atomic E-state index is 12.1. The van der Waals surface area contributed by atoms with Crippen LogP contribution in [0.15, 0.2) is 35.7 Å². The van der Waals surface area contributed by atoms with E-state index in [4.69, 9.17) is 20.2 Å². The van der Waals surface area contributed by atoms with Gasteiger partial charge >= 0.3 is 0 Å². The third-order valence-electron chi connectivity index (χ3n) is 4.81. The van der Waals surface area contributed by atoms with E-state index in [1.54, 1.807) is 16.0 Å². The molecule has 1 aliphatic carbocycles. The summed E-state index contributed by atoms with van der Waals surface area (Å²) in [5.74, 6) is 2.29. The van der Waals surface area contributed by atoms with Crippen LogP contribution in [0.3, 0.4) is 0 Å². The summed E-state index contributed by atoms with van der Waals surface area (Å²) in [5, 5.41) is 6.70. The van der Waals surface area contributed by atoms with Crippen molar-refractivity contribution in [3.63, 3.8) is 0 Å². The molecule has 2 aromatic heterocycles. The SMILES string of the molecule is NC(=O)C1(c2nc(Cc3cccs3)nn2-c2ccc3c(c2)OCO3)CC1. The van der Waals surface area contributed by atoms with Crippen LogP contribution in [0.2, 0.25) is 0 Å². The number of ether oxygens (including phenoxy) is 2. The lowest BCUT2D eigenvalue weighted by Crippen LogP contribution is -2.31. The lowest BCUT2D eigenvalue weighted by Gasteiger charge is -2.12. The third kappa shape index (κ3) is 2.37. The number of nitrogens with two attached hydrogens (primary N) is 1. The summed E-state index contributed by atoms with van der Waals surface area (Å²) in [6.45, 7) is 0.206. The number of hydrogen-bond acceptors (Lipinski definition) is 6. The van der Waals surface area contributed by atoms with E-state index < -0.39 is 5.41 Å². The van der Waals surface area contributed by atoms with E-state index in [9.17, 15) is 4.79 Å². The predicted molar refractivity (Wildman–Crippen MR) is 94.7 cm³/mol. The molecule has 1 aromatic carbocycles. The number of thiophene rings is 1. The standard InChI is InChI=1S/C18H16N4O3S/c19-16(23)18(5-6-18)17-20-15(9-12-2-1-7-26-12)21-22(17)11-3-4-13-14(8-11)25-10-24-13/h1-4,7-8H,5-6,9-10H2,(H2,19,23). The fraction of sp³-hybridized carbons (Fsp3) is 0.278. The van der Waals surface area contributed by atoms with Crippen LogP contribution in [-0.4, -0.2) is 27.5 Å². The van der Waals surface area contributed by atoms with E-state index in [2.05, 4.69) is 5.10 Å². The van der Waals surface area contributed by atoms with Gasteiger partial charge in [0.15, 0.2) is 17.3 Å². The number of primary amides is 1. The van der Waals surface area contributed by atoms with E-state index in [0.717, 1.165) is 5.69 Å². The lowest BCUT2D eigenvalue weighted by atomic mass is 10.1. The second kappa shape index (κ2) is 5.57. The third-order valence-corrected chi connectivity index (χ3v) is 5.69. The first-order valence-corrected chi connectivity index (χ1v) is 9.22. The van der Waals surface area contributed by atoms with Crippen molar-refractivity contribution in [2.75, 3.05) is 6.79 Å². The molecule has 8 heteroatoms. The largest absolute Gasteiger partial charge is 0.454 e. The summed E-state index contributed by atoms with van der Waals surface area (Å²) >= 11 is 1.66. The van der Waals surface area contributed by atoms with Crippen LogP contribution in [0.5, 0.6) is 11.5 Å². The van der Waals surface area contributed by atoms with Crippen molar-refractivity contribution in [3.05, 3.63) is 52.2 Å². The average Bonchev–Trinajstić information content (AvgIpc) is 3.02. The maximum Gasteiger partial charge on any atom is 0.231 e. The Morgan fingerprint density at radius 1 is 1.27 bits per heavy atom. The number of carbonyl (C=O) groups excluding carboxylic acids is 1. The Morgan fingerprint density at radius 3 is 2.85 bits per heavy atom. The molecule has 0 atom stereocenters. The van der Waals surface area contributed by atoms with Crippen LogP contribution in [0.4, 0.5) is 0 Å². The van der Waals surface area contributed by atoms with Gasteiger partial charge in [-0.05, 0) is 36.4 Å². The van der Waals surface area contributed by atoms with Gasteiger partial charge in [-0.2, -0.15) is 5.10 Å². The van der Waals surface area contributed by atoms with Crippen LogP contribution < -0.4 is 15.2 Å². The number of hydrogen-bond donors (Lipinski definition) is 1. The van der Waals surface area contributed by atoms with Gasteiger partial charge in [-0.3, -0.25) is 4.79 Å². The van der Waals surface area contributed by atoms with Gasteiger partial charge in [-0.15, -0.1) is 11.3 Å². The quantitative estimate of drug-likeness (QED) is 0.745. The first kappa shape index (κ1) is 15.4. The predicted octanol–water partition coefficient (Wildman–Crippen LogP) is 2.17. The van der Waals surface area contributed by atoms with Crippen molar-refractivity contribution in [1.82, 2.24) is 14.8 Å². The number of fused-ring (bicyclic) bond motifs is 1. The van der Waals surface area contributed by atoms with E-state index in [0.29, 0.717) is 42.4 Å². The van der Waals surface area contributed by atoms with Crippen molar-refractivity contribution in [3.8, 4) is 17.2 Å². The van der Waals surface area contributed by atoms with Gasteiger partial charge in [0.25, 0.3) is 0 Å². The molecule has 2 aliphatic rings. The minimum absolute atomic E-state index is 0.206. The highest BCUT2D eigenvalue weighted by Gasteiger charge is 2.54. The molecule has 3 heterocycles. The molecule has 3 aromatic rings. The summed E-state index contributed by atoms with van der Waals surface area (Å²) in [5.41, 5.74) is 5.74. The first-order chi connectivity index (χ1) is 12.7. The molecule has 2 N–H and O–H groups in total. The van der Waals surface area contributed by atoms with Crippen molar-refractivity contribution >= 4 is 17.2 Å². The van der Waals surface area contributed by atoms with Crippen molar-refractivity contribution in [2.45, 2.75) is 24.7 Å². The molecule has 7 nitrogen and oxygen atoms in total. The minimum Gasteiger partial charge on any atom is -0.454 e. The monoisotopic (exact) mass is 368 g/mol. The molecule has 1 amide bonds. The van der Waals surface area contributed by atoms with Crippen molar-refractivity contribution in [2.24, 2.45) is 5.73 Å².